The van der Waals surface area contributed by atoms with Crippen molar-refractivity contribution >= 4 is 0 Å². The van der Waals surface area contributed by atoms with Gasteiger partial charge in [0.15, 0.2) is 17.4 Å². The van der Waals surface area contributed by atoms with Crippen LogP contribution in [0.5, 0.6) is 5.75 Å². The maximum absolute atomic E-state index is 13.6. The van der Waals surface area contributed by atoms with Crippen molar-refractivity contribution in [2.24, 2.45) is 0 Å². The smallest absolute Gasteiger partial charge is 0.190 e. The zero-order valence-corrected chi connectivity index (χ0v) is 10.8. The van der Waals surface area contributed by atoms with Gasteiger partial charge in [-0.2, -0.15) is 0 Å². The predicted octanol–water partition coefficient (Wildman–Crippen LogP) is 2.44. The minimum atomic E-state index is -0.776. The third-order valence-electron chi connectivity index (χ3n) is 2.39. The van der Waals surface area contributed by atoms with Gasteiger partial charge < -0.3 is 14.8 Å². The standard InChI is InChI=1S/C13H18F3NO2/c1-18-6-4-17-9-10-7-11(15)13(12(16)8-10)19-5-2-3-14/h7-8,17H,2-6,9H2,1H3. The van der Waals surface area contributed by atoms with Crippen LogP contribution in [0.3, 0.4) is 0 Å². The molecule has 0 aliphatic heterocycles. The summed E-state index contributed by atoms with van der Waals surface area (Å²) in [7, 11) is 1.57. The Morgan fingerprint density at radius 1 is 1.16 bits per heavy atom. The van der Waals surface area contributed by atoms with E-state index in [2.05, 4.69) is 5.32 Å². The summed E-state index contributed by atoms with van der Waals surface area (Å²) >= 11 is 0. The summed E-state index contributed by atoms with van der Waals surface area (Å²) in [6.07, 6.45) is 0.110. The van der Waals surface area contributed by atoms with Crippen molar-refractivity contribution < 1.29 is 22.6 Å². The maximum Gasteiger partial charge on any atom is 0.190 e. The lowest BCUT2D eigenvalue weighted by molar-refractivity contribution is 0.199. The van der Waals surface area contributed by atoms with Gasteiger partial charge in [-0.3, -0.25) is 4.39 Å². The molecule has 3 nitrogen and oxygen atoms in total. The third kappa shape index (κ3) is 5.48. The van der Waals surface area contributed by atoms with Crippen LogP contribution in [0.15, 0.2) is 12.1 Å². The van der Waals surface area contributed by atoms with Crippen LogP contribution in [-0.2, 0) is 11.3 Å². The SMILES string of the molecule is COCCNCc1cc(F)c(OCCCF)c(F)c1. The van der Waals surface area contributed by atoms with E-state index in [1.54, 1.807) is 7.11 Å². The lowest BCUT2D eigenvalue weighted by Crippen LogP contribution is -2.18. The topological polar surface area (TPSA) is 30.5 Å². The summed E-state index contributed by atoms with van der Waals surface area (Å²) in [5.41, 5.74) is 0.476. The predicted molar refractivity (Wildman–Crippen MR) is 66.0 cm³/mol. The molecule has 0 aliphatic rings. The van der Waals surface area contributed by atoms with Crippen LogP contribution in [0.1, 0.15) is 12.0 Å². The van der Waals surface area contributed by atoms with E-state index in [1.807, 2.05) is 0 Å². The Morgan fingerprint density at radius 2 is 1.84 bits per heavy atom. The molecule has 0 heterocycles. The van der Waals surface area contributed by atoms with Crippen LogP contribution >= 0.6 is 0 Å². The van der Waals surface area contributed by atoms with Crippen molar-refractivity contribution in [3.8, 4) is 5.75 Å². The number of ether oxygens (including phenoxy) is 2. The number of methoxy groups -OCH3 is 1. The number of halogens is 3. The molecule has 0 fully saturated rings. The minimum absolute atomic E-state index is 0.0459. The van der Waals surface area contributed by atoms with Gasteiger partial charge >= 0.3 is 0 Å². The van der Waals surface area contributed by atoms with E-state index in [4.69, 9.17) is 9.47 Å². The molecule has 19 heavy (non-hydrogen) atoms. The molecule has 1 rings (SSSR count). The molecule has 0 aromatic heterocycles. The number of nitrogens with one attached hydrogen (secondary N) is 1. The van der Waals surface area contributed by atoms with Crippen LogP contribution in [-0.4, -0.2) is 33.5 Å². The van der Waals surface area contributed by atoms with Crippen LogP contribution in [0, 0.1) is 11.6 Å². The molecular weight excluding hydrogens is 259 g/mol. The van der Waals surface area contributed by atoms with Crippen molar-refractivity contribution in [2.45, 2.75) is 13.0 Å². The van der Waals surface area contributed by atoms with Gasteiger partial charge in [0.1, 0.15) is 0 Å². The minimum Gasteiger partial charge on any atom is -0.488 e. The second kappa shape index (κ2) is 8.77. The summed E-state index contributed by atoms with van der Waals surface area (Å²) in [6, 6.07) is 2.40. The molecule has 1 aromatic carbocycles. The lowest BCUT2D eigenvalue weighted by atomic mass is 10.2. The molecule has 108 valence electrons. The highest BCUT2D eigenvalue weighted by atomic mass is 19.1. The van der Waals surface area contributed by atoms with Gasteiger partial charge in [0.25, 0.3) is 0 Å². The van der Waals surface area contributed by atoms with E-state index in [1.165, 1.54) is 12.1 Å². The normalized spacial score (nSPS) is 10.7. The maximum atomic E-state index is 13.6. The summed E-state index contributed by atoms with van der Waals surface area (Å²) in [5, 5.41) is 2.98. The van der Waals surface area contributed by atoms with E-state index < -0.39 is 24.1 Å². The van der Waals surface area contributed by atoms with Crippen molar-refractivity contribution in [2.75, 3.05) is 33.5 Å². The Bertz CT molecular complexity index is 365. The van der Waals surface area contributed by atoms with Gasteiger partial charge in [0.05, 0.1) is 19.9 Å². The molecule has 6 heteroatoms. The molecule has 0 bridgehead atoms. The number of rotatable bonds is 9. The molecule has 0 atom stereocenters. The molecule has 0 saturated heterocycles. The molecule has 0 aliphatic carbocycles. The van der Waals surface area contributed by atoms with E-state index in [0.717, 1.165) is 0 Å². The summed E-state index contributed by atoms with van der Waals surface area (Å²) in [5.74, 6) is -2.00. The second-order valence-corrected chi connectivity index (χ2v) is 3.95. The van der Waals surface area contributed by atoms with Crippen LogP contribution in [0.25, 0.3) is 0 Å². The first-order chi connectivity index (χ1) is 9.19. The fourth-order valence-corrected chi connectivity index (χ4v) is 1.49. The highest BCUT2D eigenvalue weighted by Gasteiger charge is 2.12. The van der Waals surface area contributed by atoms with Crippen LogP contribution < -0.4 is 10.1 Å². The average Bonchev–Trinajstić information content (AvgIpc) is 2.38. The third-order valence-corrected chi connectivity index (χ3v) is 2.39. The first kappa shape index (κ1) is 15.8. The quantitative estimate of drug-likeness (QED) is 0.703. The molecular formula is C13H18F3NO2. The van der Waals surface area contributed by atoms with Crippen molar-refractivity contribution in [3.05, 3.63) is 29.3 Å². The Kier molecular flexibility index (Phi) is 7.28. The van der Waals surface area contributed by atoms with Gasteiger partial charge in [-0.25, -0.2) is 8.78 Å². The van der Waals surface area contributed by atoms with Gasteiger partial charge in [-0.05, 0) is 17.7 Å². The van der Waals surface area contributed by atoms with Gasteiger partial charge in [0, 0.05) is 26.6 Å². The first-order valence-corrected chi connectivity index (χ1v) is 6.05. The Balaban J connectivity index is 2.57. The van der Waals surface area contributed by atoms with Crippen LogP contribution in [0.2, 0.25) is 0 Å². The molecule has 0 radical (unpaired) electrons. The van der Waals surface area contributed by atoms with Crippen LogP contribution in [0.4, 0.5) is 13.2 Å². The van der Waals surface area contributed by atoms with E-state index >= 15 is 0 Å². The highest BCUT2D eigenvalue weighted by Crippen LogP contribution is 2.23. The Morgan fingerprint density at radius 3 is 2.42 bits per heavy atom. The van der Waals surface area contributed by atoms with Crippen molar-refractivity contribution in [1.82, 2.24) is 5.32 Å². The number of benzene rings is 1. The van der Waals surface area contributed by atoms with Crippen molar-refractivity contribution in [3.63, 3.8) is 0 Å². The van der Waals surface area contributed by atoms with Gasteiger partial charge in [0.2, 0.25) is 0 Å². The summed E-state index contributed by atoms with van der Waals surface area (Å²) < 4.78 is 48.8. The van der Waals surface area contributed by atoms with E-state index in [9.17, 15) is 13.2 Å². The fourth-order valence-electron chi connectivity index (χ4n) is 1.49. The summed E-state index contributed by atoms with van der Waals surface area (Å²) in [6.45, 7) is 0.826. The fraction of sp³-hybridized carbons (Fsp3) is 0.538. The molecule has 1 aromatic rings. The van der Waals surface area contributed by atoms with Gasteiger partial charge in [-0.15, -0.1) is 0 Å². The zero-order chi connectivity index (χ0) is 14.1. The number of hydrogen-bond donors (Lipinski definition) is 1. The van der Waals surface area contributed by atoms with Crippen molar-refractivity contribution in [1.29, 1.82) is 0 Å². The van der Waals surface area contributed by atoms with E-state index in [-0.39, 0.29) is 13.0 Å². The number of alkyl halides is 1. The largest absolute Gasteiger partial charge is 0.488 e. The molecule has 1 N–H and O–H groups in total. The second-order valence-electron chi connectivity index (χ2n) is 3.95. The molecule has 0 saturated carbocycles. The number of hydrogen-bond acceptors (Lipinski definition) is 3. The molecule has 0 unspecified atom stereocenters. The summed E-state index contributed by atoms with van der Waals surface area (Å²) in [4.78, 5) is 0. The molecule has 0 amide bonds. The Labute approximate surface area is 110 Å². The first-order valence-electron chi connectivity index (χ1n) is 6.05. The average molecular weight is 277 g/mol. The van der Waals surface area contributed by atoms with E-state index in [0.29, 0.717) is 25.3 Å². The van der Waals surface area contributed by atoms with Gasteiger partial charge in [-0.1, -0.05) is 0 Å². The zero-order valence-electron chi connectivity index (χ0n) is 10.8. The lowest BCUT2D eigenvalue weighted by Gasteiger charge is -2.10. The monoisotopic (exact) mass is 277 g/mol. The highest BCUT2D eigenvalue weighted by molar-refractivity contribution is 5.31. The Hall–Kier alpha value is -1.27. The molecule has 0 spiro atoms.